The Morgan fingerprint density at radius 2 is 1.94 bits per heavy atom. The second-order valence-electron chi connectivity index (χ2n) is 8.98. The average molecular weight is 461 g/mol. The Bertz CT molecular complexity index is 1220. The summed E-state index contributed by atoms with van der Waals surface area (Å²) in [6.45, 7) is 4.18. The molecule has 0 bridgehead atoms. The molecule has 2 aromatic heterocycles. The summed E-state index contributed by atoms with van der Waals surface area (Å²) in [5, 5.41) is 4.01. The minimum atomic E-state index is -0.653. The third-order valence-corrected chi connectivity index (χ3v) is 6.71. The highest BCUT2D eigenvalue weighted by Crippen LogP contribution is 2.48. The van der Waals surface area contributed by atoms with E-state index in [0.29, 0.717) is 35.0 Å². The molecule has 0 saturated carbocycles. The number of carbonyl (C=O) groups excluding carboxylic acids is 2. The molecule has 1 amide bonds. The number of ketones is 1. The second kappa shape index (κ2) is 8.51. The van der Waals surface area contributed by atoms with Gasteiger partial charge in [0.15, 0.2) is 10.9 Å². The van der Waals surface area contributed by atoms with Gasteiger partial charge in [0.1, 0.15) is 11.8 Å². The van der Waals surface area contributed by atoms with Gasteiger partial charge in [0.2, 0.25) is 5.91 Å². The van der Waals surface area contributed by atoms with E-state index in [9.17, 15) is 9.59 Å². The maximum Gasteiger partial charge on any atom is 0.238 e. The Morgan fingerprint density at radius 1 is 1.15 bits per heavy atom. The van der Waals surface area contributed by atoms with Crippen molar-refractivity contribution in [3.63, 3.8) is 0 Å². The number of furan rings is 1. The summed E-state index contributed by atoms with van der Waals surface area (Å²) in [4.78, 5) is 37.4. The lowest BCUT2D eigenvalue weighted by Crippen LogP contribution is -2.40. The van der Waals surface area contributed by atoms with E-state index in [2.05, 4.69) is 29.1 Å². The molecule has 0 radical (unpaired) electrons. The maximum absolute atomic E-state index is 13.7. The van der Waals surface area contributed by atoms with Crippen LogP contribution >= 0.6 is 11.8 Å². The van der Waals surface area contributed by atoms with Crippen molar-refractivity contribution >= 4 is 34.8 Å². The van der Waals surface area contributed by atoms with Crippen molar-refractivity contribution in [2.75, 3.05) is 16.0 Å². The Labute approximate surface area is 196 Å². The van der Waals surface area contributed by atoms with Crippen LogP contribution in [0.15, 0.2) is 82.0 Å². The van der Waals surface area contributed by atoms with E-state index in [-0.39, 0.29) is 22.9 Å². The van der Waals surface area contributed by atoms with Crippen LogP contribution in [0.25, 0.3) is 0 Å². The number of aromatic nitrogens is 2. The van der Waals surface area contributed by atoms with Crippen molar-refractivity contribution < 1.29 is 14.0 Å². The highest BCUT2D eigenvalue weighted by Gasteiger charge is 2.44. The molecule has 1 N–H and O–H groups in total. The molecule has 0 spiro atoms. The number of nitrogens with zero attached hydrogens (tertiary/aromatic N) is 3. The number of para-hydroxylation sites is 2. The lowest BCUT2D eigenvalue weighted by Gasteiger charge is -2.36. The van der Waals surface area contributed by atoms with Crippen LogP contribution in [0, 0.1) is 5.41 Å². The molecule has 5 rings (SSSR count). The lowest BCUT2D eigenvalue weighted by molar-refractivity contribution is -0.118. The van der Waals surface area contributed by atoms with Gasteiger partial charge < -0.3 is 9.73 Å². The van der Waals surface area contributed by atoms with Gasteiger partial charge in [-0.3, -0.25) is 14.5 Å². The normalized spacial score (nSPS) is 19.4. The van der Waals surface area contributed by atoms with Crippen molar-refractivity contribution in [3.05, 3.63) is 78.2 Å². The SMILES string of the molecule is CC1(C)CC(=O)C2=C(C1)Nc1ccccc1N(C(=O)CSc1ncccn1)C2c1ccco1. The van der Waals surface area contributed by atoms with E-state index >= 15 is 0 Å². The summed E-state index contributed by atoms with van der Waals surface area (Å²) in [6, 6.07) is 12.3. The first-order valence-corrected chi connectivity index (χ1v) is 11.8. The van der Waals surface area contributed by atoms with Crippen molar-refractivity contribution in [2.45, 2.75) is 37.9 Å². The van der Waals surface area contributed by atoms with Crippen LogP contribution < -0.4 is 10.2 Å². The molecular formula is C25H24N4O3S. The van der Waals surface area contributed by atoms with Gasteiger partial charge in [-0.25, -0.2) is 9.97 Å². The van der Waals surface area contributed by atoms with Crippen LogP contribution in [0.5, 0.6) is 0 Å². The Kier molecular flexibility index (Phi) is 5.54. The highest BCUT2D eigenvalue weighted by atomic mass is 32.2. The molecule has 1 aliphatic carbocycles. The molecule has 7 nitrogen and oxygen atoms in total. The van der Waals surface area contributed by atoms with Gasteiger partial charge in [0.25, 0.3) is 0 Å². The summed E-state index contributed by atoms with van der Waals surface area (Å²) in [6.07, 6.45) is 5.99. The number of rotatable bonds is 4. The molecule has 2 aliphatic rings. The van der Waals surface area contributed by atoms with Crippen molar-refractivity contribution in [1.29, 1.82) is 0 Å². The minimum Gasteiger partial charge on any atom is -0.467 e. The first-order valence-electron chi connectivity index (χ1n) is 10.8. The third-order valence-electron chi connectivity index (χ3n) is 5.85. The van der Waals surface area contributed by atoms with E-state index in [1.54, 1.807) is 35.7 Å². The van der Waals surface area contributed by atoms with Gasteiger partial charge in [-0.1, -0.05) is 37.7 Å². The van der Waals surface area contributed by atoms with E-state index < -0.39 is 6.04 Å². The molecule has 3 aromatic rings. The van der Waals surface area contributed by atoms with Crippen LogP contribution in [0.1, 0.15) is 38.5 Å². The molecule has 0 saturated heterocycles. The second-order valence-corrected chi connectivity index (χ2v) is 9.92. The Hall–Kier alpha value is -3.39. The fourth-order valence-electron chi connectivity index (χ4n) is 4.53. The van der Waals surface area contributed by atoms with Crippen LogP contribution in [0.4, 0.5) is 11.4 Å². The number of hydrogen-bond donors (Lipinski definition) is 1. The van der Waals surface area contributed by atoms with Crippen LogP contribution in [0.3, 0.4) is 0 Å². The highest BCUT2D eigenvalue weighted by molar-refractivity contribution is 7.99. The zero-order chi connectivity index (χ0) is 23.0. The van der Waals surface area contributed by atoms with Gasteiger partial charge in [-0.15, -0.1) is 0 Å². The molecule has 0 fully saturated rings. The number of nitrogens with one attached hydrogen (secondary N) is 1. The van der Waals surface area contributed by atoms with Gasteiger partial charge in [0, 0.05) is 30.1 Å². The molecule has 8 heteroatoms. The number of thioether (sulfide) groups is 1. The fourth-order valence-corrected chi connectivity index (χ4v) is 5.20. The summed E-state index contributed by atoms with van der Waals surface area (Å²) in [5.41, 5.74) is 2.76. The van der Waals surface area contributed by atoms with Crippen LogP contribution in [-0.4, -0.2) is 27.4 Å². The number of Topliss-reactive ketones (excluding diaryl/α,β-unsaturated/α-hetero) is 1. The summed E-state index contributed by atoms with van der Waals surface area (Å²) in [5.74, 6) is 0.551. The van der Waals surface area contributed by atoms with E-state index in [1.807, 2.05) is 30.3 Å². The quantitative estimate of drug-likeness (QED) is 0.433. The van der Waals surface area contributed by atoms with Crippen molar-refractivity contribution in [2.24, 2.45) is 5.41 Å². The zero-order valence-electron chi connectivity index (χ0n) is 18.4. The van der Waals surface area contributed by atoms with Crippen LogP contribution in [0.2, 0.25) is 0 Å². The molecule has 168 valence electrons. The van der Waals surface area contributed by atoms with Crippen molar-refractivity contribution in [3.8, 4) is 0 Å². The molecule has 33 heavy (non-hydrogen) atoms. The topological polar surface area (TPSA) is 88.3 Å². The van der Waals surface area contributed by atoms with Gasteiger partial charge >= 0.3 is 0 Å². The standard InChI is InChI=1S/C25H24N4O3S/c1-25(2)13-17-22(19(30)14-25)23(20-9-5-12-32-20)29(18-8-4-3-7-16(18)28-17)21(31)15-33-24-26-10-6-11-27-24/h3-12,23,28H,13-15H2,1-2H3. The monoisotopic (exact) mass is 460 g/mol. The predicted octanol–water partition coefficient (Wildman–Crippen LogP) is 5.00. The fraction of sp³-hybridized carbons (Fsp3) is 0.280. The molecule has 1 unspecified atom stereocenters. The average Bonchev–Trinajstić information content (AvgIpc) is 3.27. The number of benzene rings is 1. The van der Waals surface area contributed by atoms with Gasteiger partial charge in [-0.05, 0) is 42.2 Å². The Balaban J connectivity index is 1.63. The van der Waals surface area contributed by atoms with Crippen LogP contribution in [-0.2, 0) is 9.59 Å². The number of allylic oxidation sites excluding steroid dienone is 1. The molecule has 1 atom stereocenters. The van der Waals surface area contributed by atoms with Crippen molar-refractivity contribution in [1.82, 2.24) is 9.97 Å². The smallest absolute Gasteiger partial charge is 0.238 e. The Morgan fingerprint density at radius 3 is 2.70 bits per heavy atom. The minimum absolute atomic E-state index is 0.0276. The molecule has 1 aromatic carbocycles. The lowest BCUT2D eigenvalue weighted by atomic mass is 9.74. The number of carbonyl (C=O) groups is 2. The third kappa shape index (κ3) is 4.18. The summed E-state index contributed by atoms with van der Waals surface area (Å²) >= 11 is 1.27. The number of hydrogen-bond acceptors (Lipinski definition) is 7. The molecular weight excluding hydrogens is 436 g/mol. The van der Waals surface area contributed by atoms with E-state index in [0.717, 1.165) is 11.4 Å². The molecule has 1 aliphatic heterocycles. The number of amides is 1. The zero-order valence-corrected chi connectivity index (χ0v) is 19.3. The van der Waals surface area contributed by atoms with Gasteiger partial charge in [-0.2, -0.15) is 0 Å². The predicted molar refractivity (Wildman–Crippen MR) is 127 cm³/mol. The maximum atomic E-state index is 13.7. The van der Waals surface area contributed by atoms with E-state index in [4.69, 9.17) is 4.42 Å². The van der Waals surface area contributed by atoms with Gasteiger partial charge in [0.05, 0.1) is 23.4 Å². The van der Waals surface area contributed by atoms with E-state index in [1.165, 1.54) is 11.8 Å². The largest absolute Gasteiger partial charge is 0.467 e. The molecule has 3 heterocycles. The summed E-state index contributed by atoms with van der Waals surface area (Å²) in [7, 11) is 0. The summed E-state index contributed by atoms with van der Waals surface area (Å²) < 4.78 is 5.80. The first-order chi connectivity index (χ1) is 15.9. The number of fused-ring (bicyclic) bond motifs is 1. The number of anilines is 2. The first kappa shape index (κ1) is 21.5.